The molecule has 0 spiro atoms. The average Bonchev–Trinajstić information content (AvgIpc) is 2.05. The van der Waals surface area contributed by atoms with E-state index >= 15 is 0 Å². The summed E-state index contributed by atoms with van der Waals surface area (Å²) in [5.41, 5.74) is 3.00. The van der Waals surface area contributed by atoms with E-state index < -0.39 is 0 Å². The van der Waals surface area contributed by atoms with Crippen LogP contribution in [0.25, 0.3) is 0 Å². The van der Waals surface area contributed by atoms with Gasteiger partial charge in [0, 0.05) is 13.1 Å². The third kappa shape index (κ3) is 2.92. The van der Waals surface area contributed by atoms with Crippen LogP contribution in [0.2, 0.25) is 0 Å². The van der Waals surface area contributed by atoms with Crippen molar-refractivity contribution < 1.29 is 4.79 Å². The second-order valence-electron chi connectivity index (χ2n) is 2.18. The van der Waals surface area contributed by atoms with Crippen molar-refractivity contribution in [3.63, 3.8) is 0 Å². The third-order valence-electron chi connectivity index (χ3n) is 1.11. The highest BCUT2D eigenvalue weighted by Crippen LogP contribution is 1.86. The van der Waals surface area contributed by atoms with Crippen molar-refractivity contribution in [3.05, 3.63) is 30.1 Å². The summed E-state index contributed by atoms with van der Waals surface area (Å²) < 4.78 is 0. The van der Waals surface area contributed by atoms with Gasteiger partial charge < -0.3 is 0 Å². The standard InChI is InChI=1S/C8H9N3O/c1-7(12)11-10-6-8-4-2-3-5-9-8/h2-6H,1H3,(H,11,12)/b10-6+. The van der Waals surface area contributed by atoms with Crippen LogP contribution in [-0.4, -0.2) is 17.1 Å². The Morgan fingerprint density at radius 3 is 3.08 bits per heavy atom. The lowest BCUT2D eigenvalue weighted by Crippen LogP contribution is -2.12. The normalized spacial score (nSPS) is 10.1. The number of carbonyl (C=O) groups is 1. The molecule has 4 heteroatoms. The number of hydrogen-bond donors (Lipinski definition) is 1. The van der Waals surface area contributed by atoms with Gasteiger partial charge in [-0.15, -0.1) is 0 Å². The van der Waals surface area contributed by atoms with Crippen molar-refractivity contribution in [2.75, 3.05) is 0 Å². The molecule has 0 bridgehead atoms. The summed E-state index contributed by atoms with van der Waals surface area (Å²) in [5.74, 6) is -0.192. The fourth-order valence-corrected chi connectivity index (χ4v) is 0.642. The maximum absolute atomic E-state index is 10.4. The highest BCUT2D eigenvalue weighted by atomic mass is 16.2. The fourth-order valence-electron chi connectivity index (χ4n) is 0.642. The SMILES string of the molecule is CC(=O)N/N=C/c1ccccn1. The predicted octanol–water partition coefficient (Wildman–Crippen LogP) is 0.552. The number of nitrogens with zero attached hydrogens (tertiary/aromatic N) is 2. The number of hydrazone groups is 1. The first-order chi connectivity index (χ1) is 5.79. The molecule has 0 atom stereocenters. The molecule has 1 rings (SSSR count). The molecule has 62 valence electrons. The van der Waals surface area contributed by atoms with Gasteiger partial charge in [0.25, 0.3) is 0 Å². The lowest BCUT2D eigenvalue weighted by atomic mass is 10.4. The molecule has 1 heterocycles. The minimum Gasteiger partial charge on any atom is -0.274 e. The first kappa shape index (κ1) is 8.39. The van der Waals surface area contributed by atoms with Crippen LogP contribution in [0.5, 0.6) is 0 Å². The van der Waals surface area contributed by atoms with Crippen LogP contribution < -0.4 is 5.43 Å². The summed E-state index contributed by atoms with van der Waals surface area (Å²) in [7, 11) is 0. The molecule has 0 aromatic carbocycles. The van der Waals surface area contributed by atoms with Crippen LogP contribution in [0.3, 0.4) is 0 Å². The summed E-state index contributed by atoms with van der Waals surface area (Å²) in [5, 5.41) is 3.65. The van der Waals surface area contributed by atoms with E-state index in [0.29, 0.717) is 5.69 Å². The molecular weight excluding hydrogens is 154 g/mol. The van der Waals surface area contributed by atoms with E-state index in [1.807, 2.05) is 12.1 Å². The minimum atomic E-state index is -0.192. The van der Waals surface area contributed by atoms with E-state index in [0.717, 1.165) is 0 Å². The summed E-state index contributed by atoms with van der Waals surface area (Å²) in [6.07, 6.45) is 3.15. The molecule has 0 aliphatic heterocycles. The van der Waals surface area contributed by atoms with Crippen molar-refractivity contribution in [1.29, 1.82) is 0 Å². The van der Waals surface area contributed by atoms with E-state index in [1.165, 1.54) is 13.1 Å². The first-order valence-electron chi connectivity index (χ1n) is 3.50. The largest absolute Gasteiger partial charge is 0.274 e. The summed E-state index contributed by atoms with van der Waals surface area (Å²) >= 11 is 0. The first-order valence-corrected chi connectivity index (χ1v) is 3.50. The van der Waals surface area contributed by atoms with E-state index in [-0.39, 0.29) is 5.91 Å². The smallest absolute Gasteiger partial charge is 0.236 e. The number of carbonyl (C=O) groups excluding carboxylic acids is 1. The van der Waals surface area contributed by atoms with Crippen LogP contribution in [0.15, 0.2) is 29.5 Å². The molecule has 12 heavy (non-hydrogen) atoms. The van der Waals surface area contributed by atoms with Gasteiger partial charge in [-0.3, -0.25) is 9.78 Å². The van der Waals surface area contributed by atoms with Crippen LogP contribution in [0.4, 0.5) is 0 Å². The zero-order chi connectivity index (χ0) is 8.81. The van der Waals surface area contributed by atoms with Gasteiger partial charge in [-0.25, -0.2) is 5.43 Å². The Kier molecular flexibility index (Phi) is 2.95. The number of pyridine rings is 1. The molecule has 4 nitrogen and oxygen atoms in total. The van der Waals surface area contributed by atoms with Crippen molar-refractivity contribution in [3.8, 4) is 0 Å². The fraction of sp³-hybridized carbons (Fsp3) is 0.125. The summed E-state index contributed by atoms with van der Waals surface area (Å²) in [4.78, 5) is 14.4. The average molecular weight is 163 g/mol. The molecule has 0 radical (unpaired) electrons. The Hall–Kier alpha value is -1.71. The van der Waals surface area contributed by atoms with Crippen LogP contribution >= 0.6 is 0 Å². The maximum atomic E-state index is 10.4. The number of aromatic nitrogens is 1. The van der Waals surface area contributed by atoms with E-state index in [2.05, 4.69) is 15.5 Å². The Morgan fingerprint density at radius 2 is 2.50 bits per heavy atom. The molecule has 1 aromatic rings. The van der Waals surface area contributed by atoms with Crippen molar-refractivity contribution in [2.24, 2.45) is 5.10 Å². The van der Waals surface area contributed by atoms with Crippen molar-refractivity contribution in [2.45, 2.75) is 6.92 Å². The van der Waals surface area contributed by atoms with Crippen LogP contribution in [0, 0.1) is 0 Å². The zero-order valence-electron chi connectivity index (χ0n) is 6.69. The molecular formula is C8H9N3O. The molecule has 1 amide bonds. The molecule has 1 N–H and O–H groups in total. The van der Waals surface area contributed by atoms with Crippen molar-refractivity contribution in [1.82, 2.24) is 10.4 Å². The zero-order valence-corrected chi connectivity index (χ0v) is 6.69. The minimum absolute atomic E-state index is 0.192. The summed E-state index contributed by atoms with van der Waals surface area (Å²) in [6.45, 7) is 1.40. The van der Waals surface area contributed by atoms with Crippen molar-refractivity contribution >= 4 is 12.1 Å². The van der Waals surface area contributed by atoms with Gasteiger partial charge in [0.05, 0.1) is 11.9 Å². The second-order valence-corrected chi connectivity index (χ2v) is 2.18. The molecule has 1 aromatic heterocycles. The monoisotopic (exact) mass is 163 g/mol. The molecule has 0 unspecified atom stereocenters. The topological polar surface area (TPSA) is 54.4 Å². The molecule has 0 aliphatic carbocycles. The van der Waals surface area contributed by atoms with Gasteiger partial charge >= 0.3 is 0 Å². The number of hydrogen-bond acceptors (Lipinski definition) is 3. The Balaban J connectivity index is 2.52. The Labute approximate surface area is 70.3 Å². The summed E-state index contributed by atoms with van der Waals surface area (Å²) in [6, 6.07) is 5.46. The molecule has 0 aliphatic rings. The Bertz CT molecular complexity index is 282. The molecule has 0 fully saturated rings. The number of nitrogens with one attached hydrogen (secondary N) is 1. The van der Waals surface area contributed by atoms with Gasteiger partial charge in [-0.2, -0.15) is 5.10 Å². The van der Waals surface area contributed by atoms with E-state index in [9.17, 15) is 4.79 Å². The van der Waals surface area contributed by atoms with Gasteiger partial charge in [0.15, 0.2) is 0 Å². The maximum Gasteiger partial charge on any atom is 0.236 e. The van der Waals surface area contributed by atoms with Gasteiger partial charge in [0.2, 0.25) is 5.91 Å². The Morgan fingerprint density at radius 1 is 1.67 bits per heavy atom. The van der Waals surface area contributed by atoms with Crippen LogP contribution in [-0.2, 0) is 4.79 Å². The highest BCUT2D eigenvalue weighted by Gasteiger charge is 1.86. The van der Waals surface area contributed by atoms with Crippen LogP contribution in [0.1, 0.15) is 12.6 Å². The van der Waals surface area contributed by atoms with Gasteiger partial charge in [0.1, 0.15) is 0 Å². The van der Waals surface area contributed by atoms with Gasteiger partial charge in [-0.05, 0) is 12.1 Å². The lowest BCUT2D eigenvalue weighted by Gasteiger charge is -1.90. The third-order valence-corrected chi connectivity index (χ3v) is 1.11. The molecule has 0 saturated carbocycles. The highest BCUT2D eigenvalue weighted by molar-refractivity contribution is 5.79. The van der Waals surface area contributed by atoms with Gasteiger partial charge in [-0.1, -0.05) is 6.07 Å². The number of rotatable bonds is 2. The second kappa shape index (κ2) is 4.23. The lowest BCUT2D eigenvalue weighted by molar-refractivity contribution is -0.118. The molecule has 0 saturated heterocycles. The predicted molar refractivity (Wildman–Crippen MR) is 45.6 cm³/mol. The van der Waals surface area contributed by atoms with E-state index in [4.69, 9.17) is 0 Å². The quantitative estimate of drug-likeness (QED) is 0.511. The van der Waals surface area contributed by atoms with E-state index in [1.54, 1.807) is 12.3 Å². The number of amides is 1.